The van der Waals surface area contributed by atoms with Gasteiger partial charge in [0.15, 0.2) is 0 Å². The zero-order chi connectivity index (χ0) is 8.69. The van der Waals surface area contributed by atoms with Crippen LogP contribution >= 0.6 is 0 Å². The van der Waals surface area contributed by atoms with E-state index in [9.17, 15) is 0 Å². The van der Waals surface area contributed by atoms with E-state index in [1.54, 1.807) is 0 Å². The van der Waals surface area contributed by atoms with Gasteiger partial charge in [-0.05, 0) is 0 Å². The van der Waals surface area contributed by atoms with Crippen molar-refractivity contribution < 1.29 is 37.8 Å². The number of aromatic nitrogens is 2. The average Bonchev–Trinajstić information content (AvgIpc) is 1.88. The normalized spacial score (nSPS) is 7.00. The van der Waals surface area contributed by atoms with Gasteiger partial charge >= 0.3 is 0 Å². The van der Waals surface area contributed by atoms with Crippen LogP contribution in [-0.4, -0.2) is 15.1 Å². The van der Waals surface area contributed by atoms with Gasteiger partial charge in [-0.2, -0.15) is 0 Å². The van der Waals surface area contributed by atoms with E-state index in [0.29, 0.717) is 0 Å². The Labute approximate surface area is 92.8 Å². The molecule has 0 amide bonds. The molecule has 0 atom stereocenters. The van der Waals surface area contributed by atoms with E-state index in [-0.39, 0.29) is 44.4 Å². The molecule has 0 aliphatic heterocycles. The van der Waals surface area contributed by atoms with Gasteiger partial charge in [0.1, 0.15) is 12.1 Å². The SMILES string of the molecule is Nc1cc(O)ncn1.O=N[O-].[Y]. The van der Waals surface area contributed by atoms with E-state index >= 15 is 0 Å². The number of aromatic hydroxyl groups is 1. The van der Waals surface area contributed by atoms with Crippen LogP contribution in [0.4, 0.5) is 5.82 Å². The summed E-state index contributed by atoms with van der Waals surface area (Å²) in [6.45, 7) is 0. The number of hydrogen-bond acceptors (Lipinski definition) is 7. The Morgan fingerprint density at radius 2 is 2.08 bits per heavy atom. The first kappa shape index (κ1) is 13.8. The van der Waals surface area contributed by atoms with E-state index in [2.05, 4.69) is 9.97 Å². The van der Waals surface area contributed by atoms with Crippen LogP contribution in [0.25, 0.3) is 0 Å². The largest absolute Gasteiger partial charge is 0.493 e. The summed E-state index contributed by atoms with van der Waals surface area (Å²) in [4.78, 5) is 15.0. The third-order valence-corrected chi connectivity index (χ3v) is 0.674. The van der Waals surface area contributed by atoms with Gasteiger partial charge in [0.05, 0.1) is 0 Å². The van der Waals surface area contributed by atoms with Crippen molar-refractivity contribution in [3.05, 3.63) is 22.5 Å². The molecule has 0 saturated carbocycles. The minimum absolute atomic E-state index is 0. The number of hydrogen-bond donors (Lipinski definition) is 2. The first-order valence-corrected chi connectivity index (χ1v) is 2.42. The van der Waals surface area contributed by atoms with Gasteiger partial charge in [0, 0.05) is 38.8 Å². The van der Waals surface area contributed by atoms with Crippen molar-refractivity contribution in [2.75, 3.05) is 5.73 Å². The molecule has 1 aromatic heterocycles. The molecule has 1 rings (SSSR count). The van der Waals surface area contributed by atoms with Gasteiger partial charge < -0.3 is 21.0 Å². The minimum Gasteiger partial charge on any atom is -0.493 e. The van der Waals surface area contributed by atoms with Crippen molar-refractivity contribution >= 4 is 5.82 Å². The second-order valence-electron chi connectivity index (χ2n) is 1.38. The molecule has 0 bridgehead atoms. The average molecular weight is 246 g/mol. The van der Waals surface area contributed by atoms with E-state index in [4.69, 9.17) is 21.0 Å². The summed E-state index contributed by atoms with van der Waals surface area (Å²) in [5.74, 6) is 0.176. The molecule has 0 fully saturated rings. The van der Waals surface area contributed by atoms with Crippen LogP contribution in [0.2, 0.25) is 0 Å². The fraction of sp³-hybridized carbons (Fsp3) is 0. The van der Waals surface area contributed by atoms with Gasteiger partial charge in [-0.25, -0.2) is 9.97 Å². The first-order chi connectivity index (χ1) is 5.20. The van der Waals surface area contributed by atoms with Crippen LogP contribution in [-0.2, 0) is 32.7 Å². The number of nitrogen functional groups attached to an aromatic ring is 1. The molecule has 12 heavy (non-hydrogen) atoms. The summed E-state index contributed by atoms with van der Waals surface area (Å²) in [6.07, 6.45) is 1.20. The maximum atomic E-state index is 8.58. The molecule has 0 aliphatic rings. The van der Waals surface area contributed by atoms with Crippen LogP contribution in [0.5, 0.6) is 5.88 Å². The summed E-state index contributed by atoms with van der Waals surface area (Å²) in [7, 11) is 0. The van der Waals surface area contributed by atoms with Gasteiger partial charge in [-0.15, -0.1) is 5.34 Å². The second kappa shape index (κ2) is 8.28. The molecular formula is C4H5N4O3Y-. The van der Waals surface area contributed by atoms with E-state index in [1.165, 1.54) is 12.4 Å². The number of nitrogens with zero attached hydrogens (tertiary/aromatic N) is 3. The molecular weight excluding hydrogens is 241 g/mol. The number of rotatable bonds is 0. The molecule has 1 aromatic rings. The van der Waals surface area contributed by atoms with Crippen LogP contribution < -0.4 is 5.73 Å². The maximum Gasteiger partial charge on any atom is 0.215 e. The summed E-state index contributed by atoms with van der Waals surface area (Å²) >= 11 is 0. The summed E-state index contributed by atoms with van der Waals surface area (Å²) in [5, 5.41) is 17.6. The van der Waals surface area contributed by atoms with Crippen molar-refractivity contribution in [1.29, 1.82) is 0 Å². The Kier molecular flexibility index (Phi) is 9.49. The van der Waals surface area contributed by atoms with Crippen molar-refractivity contribution in [2.45, 2.75) is 0 Å². The topological polar surface area (TPSA) is 125 Å². The van der Waals surface area contributed by atoms with Gasteiger partial charge in [0.25, 0.3) is 0 Å². The van der Waals surface area contributed by atoms with Gasteiger partial charge in [-0.3, -0.25) is 0 Å². The summed E-state index contributed by atoms with van der Waals surface area (Å²) in [5.41, 5.74) is 5.15. The summed E-state index contributed by atoms with van der Waals surface area (Å²) in [6, 6.07) is 1.28. The Morgan fingerprint density at radius 1 is 1.58 bits per heavy atom. The van der Waals surface area contributed by atoms with E-state index < -0.39 is 0 Å². The maximum absolute atomic E-state index is 8.58. The van der Waals surface area contributed by atoms with Crippen LogP contribution in [0.1, 0.15) is 0 Å². The fourth-order valence-corrected chi connectivity index (χ4v) is 0.361. The second-order valence-corrected chi connectivity index (χ2v) is 1.38. The third-order valence-electron chi connectivity index (χ3n) is 0.674. The standard InChI is InChI=1S/C4H5N3O.HNO2.Y/c5-3-1-4(8)7-2-6-3;2-1-3;/h1-2H,(H3,5,6,7,8);(H,2,3);/p-1. The van der Waals surface area contributed by atoms with Crippen molar-refractivity contribution in [3.63, 3.8) is 0 Å². The first-order valence-electron chi connectivity index (χ1n) is 2.42. The van der Waals surface area contributed by atoms with E-state index in [1.807, 2.05) is 0 Å². The number of anilines is 1. The molecule has 1 heterocycles. The molecule has 63 valence electrons. The van der Waals surface area contributed by atoms with Crippen LogP contribution in [0, 0.1) is 10.1 Å². The minimum atomic E-state index is -0.0995. The van der Waals surface area contributed by atoms with Crippen molar-refractivity contribution in [1.82, 2.24) is 9.97 Å². The van der Waals surface area contributed by atoms with Crippen molar-refractivity contribution in [3.8, 4) is 5.88 Å². The quantitative estimate of drug-likeness (QED) is 0.490. The molecule has 0 saturated heterocycles. The Balaban J connectivity index is 0. The number of nitrogens with two attached hydrogens (primary N) is 1. The molecule has 7 nitrogen and oxygen atoms in total. The monoisotopic (exact) mass is 246 g/mol. The fourth-order valence-electron chi connectivity index (χ4n) is 0.361. The molecule has 0 aromatic carbocycles. The van der Waals surface area contributed by atoms with Crippen LogP contribution in [0.3, 0.4) is 0 Å². The van der Waals surface area contributed by atoms with E-state index in [0.717, 1.165) is 5.34 Å². The molecule has 0 unspecified atom stereocenters. The van der Waals surface area contributed by atoms with Crippen LogP contribution in [0.15, 0.2) is 17.7 Å². The van der Waals surface area contributed by atoms with Gasteiger partial charge in [-0.1, -0.05) is 0 Å². The molecule has 0 spiro atoms. The Morgan fingerprint density at radius 3 is 2.33 bits per heavy atom. The third kappa shape index (κ3) is 7.29. The smallest absolute Gasteiger partial charge is 0.215 e. The Bertz CT molecular complexity index is 216. The molecule has 1 radical (unpaired) electrons. The predicted octanol–water partition coefficient (Wildman–Crippen LogP) is 0.0125. The Hall–Kier alpha value is -0.816. The molecule has 3 N–H and O–H groups in total. The molecule has 8 heteroatoms. The van der Waals surface area contributed by atoms with Gasteiger partial charge in [0.2, 0.25) is 5.88 Å². The zero-order valence-electron chi connectivity index (χ0n) is 5.91. The van der Waals surface area contributed by atoms with Crippen molar-refractivity contribution in [2.24, 2.45) is 5.34 Å². The zero-order valence-corrected chi connectivity index (χ0v) is 8.75. The summed E-state index contributed by atoms with van der Waals surface area (Å²) < 4.78 is 0. The predicted molar refractivity (Wildman–Crippen MR) is 37.3 cm³/mol. The molecule has 0 aliphatic carbocycles.